The molecule has 0 saturated heterocycles. The van der Waals surface area contributed by atoms with Crippen LogP contribution in [0.15, 0.2) is 0 Å². The molecule has 6 nitrogen and oxygen atoms in total. The minimum Gasteiger partial charge on any atom is -0.392 e. The number of aliphatic hydroxyl groups is 1. The van der Waals surface area contributed by atoms with Gasteiger partial charge in [-0.3, -0.25) is 4.79 Å². The van der Waals surface area contributed by atoms with E-state index >= 15 is 0 Å². The Morgan fingerprint density at radius 2 is 1.77 bits per heavy atom. The van der Waals surface area contributed by atoms with Crippen LogP contribution < -0.4 is 10.0 Å². The Bertz CT molecular complexity index is 621. The number of aliphatic hydroxyl groups excluding tert-OH is 1. The van der Waals surface area contributed by atoms with E-state index in [0.717, 1.165) is 25.7 Å². The molecule has 1 amide bonds. The summed E-state index contributed by atoms with van der Waals surface area (Å²) in [5, 5.41) is 14.2. The highest BCUT2D eigenvalue weighted by molar-refractivity contribution is 7.88. The van der Waals surface area contributed by atoms with Crippen molar-refractivity contribution in [3.05, 3.63) is 0 Å². The molecule has 0 aromatic carbocycles. The van der Waals surface area contributed by atoms with Gasteiger partial charge < -0.3 is 10.4 Å². The smallest absolute Gasteiger partial charge is 0.223 e. The topological polar surface area (TPSA) is 95.5 Å². The van der Waals surface area contributed by atoms with Crippen molar-refractivity contribution in [2.45, 2.75) is 78.5 Å². The molecular weight excluding hydrogens is 352 g/mol. The number of carbonyl (C=O) groups is 1. The molecule has 0 aromatic rings. The van der Waals surface area contributed by atoms with Crippen LogP contribution in [0.5, 0.6) is 0 Å². The number of carbonyl (C=O) groups excluding carboxylic acids is 1. The zero-order chi connectivity index (χ0) is 19.9. The maximum atomic E-state index is 12.5. The van der Waals surface area contributed by atoms with Gasteiger partial charge in [0.05, 0.1) is 12.4 Å². The summed E-state index contributed by atoms with van der Waals surface area (Å²) in [6.45, 7) is 10.0. The Kier molecular flexibility index (Phi) is 6.46. The molecule has 0 bridgehead atoms. The van der Waals surface area contributed by atoms with Crippen LogP contribution >= 0.6 is 0 Å². The van der Waals surface area contributed by atoms with E-state index in [1.807, 2.05) is 27.7 Å². The molecule has 7 heteroatoms. The standard InChI is InChI=1S/C19H36N2O4S/c1-11(2)20-18(23)12(3)14-7-9-19(5)10-8-15(21-26(6,24)25)13(4)16(19)17(14)22/h11-17,21-22H,7-10H2,1-6H3,(H,20,23)/t12-,13+,14?,15-,16+,17-,19-/m0/s1. The van der Waals surface area contributed by atoms with Crippen molar-refractivity contribution in [2.75, 3.05) is 6.26 Å². The first-order chi connectivity index (χ1) is 11.9. The van der Waals surface area contributed by atoms with Gasteiger partial charge in [0.25, 0.3) is 0 Å². The Balaban J connectivity index is 2.20. The van der Waals surface area contributed by atoms with Crippen LogP contribution in [0.1, 0.15) is 60.3 Å². The van der Waals surface area contributed by atoms with Gasteiger partial charge in [0.15, 0.2) is 0 Å². The fourth-order valence-electron chi connectivity index (χ4n) is 5.35. The molecule has 0 heterocycles. The monoisotopic (exact) mass is 388 g/mol. The summed E-state index contributed by atoms with van der Waals surface area (Å²) in [7, 11) is -3.28. The van der Waals surface area contributed by atoms with Gasteiger partial charge in [-0.05, 0) is 62.7 Å². The molecule has 0 spiro atoms. The lowest BCUT2D eigenvalue weighted by Crippen LogP contribution is -2.58. The molecule has 2 fully saturated rings. The molecule has 152 valence electrons. The fraction of sp³-hybridized carbons (Fsp3) is 0.947. The van der Waals surface area contributed by atoms with Gasteiger partial charge in [-0.15, -0.1) is 0 Å². The highest BCUT2D eigenvalue weighted by atomic mass is 32.2. The van der Waals surface area contributed by atoms with E-state index < -0.39 is 16.1 Å². The summed E-state index contributed by atoms with van der Waals surface area (Å²) in [5.74, 6) is -0.342. The largest absolute Gasteiger partial charge is 0.392 e. The van der Waals surface area contributed by atoms with Crippen LogP contribution in [-0.2, 0) is 14.8 Å². The Labute approximate surface area is 158 Å². The molecule has 0 radical (unpaired) electrons. The molecule has 0 aromatic heterocycles. The number of hydrogen-bond donors (Lipinski definition) is 3. The van der Waals surface area contributed by atoms with Gasteiger partial charge in [-0.25, -0.2) is 13.1 Å². The summed E-state index contributed by atoms with van der Waals surface area (Å²) >= 11 is 0. The van der Waals surface area contributed by atoms with E-state index in [2.05, 4.69) is 17.0 Å². The number of nitrogens with one attached hydrogen (secondary N) is 2. The molecular formula is C19H36N2O4S. The van der Waals surface area contributed by atoms with Crippen LogP contribution in [0.4, 0.5) is 0 Å². The van der Waals surface area contributed by atoms with Crippen LogP contribution in [0.2, 0.25) is 0 Å². The van der Waals surface area contributed by atoms with Gasteiger partial charge in [-0.2, -0.15) is 0 Å². The third kappa shape index (κ3) is 4.60. The van der Waals surface area contributed by atoms with Crippen molar-refractivity contribution in [3.8, 4) is 0 Å². The average molecular weight is 389 g/mol. The molecule has 3 N–H and O–H groups in total. The van der Waals surface area contributed by atoms with Gasteiger partial charge >= 0.3 is 0 Å². The molecule has 1 unspecified atom stereocenters. The van der Waals surface area contributed by atoms with E-state index in [-0.39, 0.29) is 47.1 Å². The van der Waals surface area contributed by atoms with Crippen molar-refractivity contribution in [3.63, 3.8) is 0 Å². The number of amides is 1. The lowest BCUT2D eigenvalue weighted by atomic mass is 9.52. The van der Waals surface area contributed by atoms with Gasteiger partial charge in [-0.1, -0.05) is 20.8 Å². The van der Waals surface area contributed by atoms with Crippen LogP contribution in [0, 0.1) is 29.1 Å². The van der Waals surface area contributed by atoms with E-state index in [0.29, 0.717) is 0 Å². The van der Waals surface area contributed by atoms with Crippen LogP contribution in [-0.4, -0.2) is 43.9 Å². The average Bonchev–Trinajstić information content (AvgIpc) is 2.48. The Hall–Kier alpha value is -0.660. The minimum atomic E-state index is -3.28. The number of fused-ring (bicyclic) bond motifs is 1. The second kappa shape index (κ2) is 7.76. The normalized spacial score (nSPS) is 39.3. The summed E-state index contributed by atoms with van der Waals surface area (Å²) in [5.41, 5.74) is -0.000733. The highest BCUT2D eigenvalue weighted by Gasteiger charge is 2.53. The first-order valence-electron chi connectivity index (χ1n) is 9.81. The van der Waals surface area contributed by atoms with Crippen molar-refractivity contribution in [2.24, 2.45) is 29.1 Å². The summed E-state index contributed by atoms with van der Waals surface area (Å²) < 4.78 is 26.2. The lowest BCUT2D eigenvalue weighted by molar-refractivity contribution is -0.142. The van der Waals surface area contributed by atoms with Crippen LogP contribution in [0.25, 0.3) is 0 Å². The predicted octanol–water partition coefficient (Wildman–Crippen LogP) is 1.89. The van der Waals surface area contributed by atoms with Crippen molar-refractivity contribution in [1.29, 1.82) is 0 Å². The highest BCUT2D eigenvalue weighted by Crippen LogP contribution is 2.55. The quantitative estimate of drug-likeness (QED) is 0.670. The first-order valence-corrected chi connectivity index (χ1v) is 11.7. The SMILES string of the molecule is CC(C)NC(=O)[C@@H](C)C1CC[C@@]2(C)CC[C@H](NS(C)(=O)=O)[C@@H](C)[C@@H]2[C@H]1O. The molecule has 2 rings (SSSR count). The van der Waals surface area contributed by atoms with Crippen LogP contribution in [0.3, 0.4) is 0 Å². The lowest BCUT2D eigenvalue weighted by Gasteiger charge is -2.56. The van der Waals surface area contributed by atoms with Gasteiger partial charge in [0.1, 0.15) is 0 Å². The molecule has 7 atom stereocenters. The number of hydrogen-bond acceptors (Lipinski definition) is 4. The molecule has 2 aliphatic rings. The maximum Gasteiger partial charge on any atom is 0.223 e. The molecule has 2 aliphatic carbocycles. The van der Waals surface area contributed by atoms with E-state index in [1.54, 1.807) is 0 Å². The summed E-state index contributed by atoms with van der Waals surface area (Å²) in [6.07, 6.45) is 4.08. The predicted molar refractivity (Wildman–Crippen MR) is 103 cm³/mol. The van der Waals surface area contributed by atoms with E-state index in [1.165, 1.54) is 6.26 Å². The summed E-state index contributed by atoms with van der Waals surface area (Å²) in [6, 6.07) is -0.0795. The van der Waals surface area contributed by atoms with Crippen molar-refractivity contribution in [1.82, 2.24) is 10.0 Å². The summed E-state index contributed by atoms with van der Waals surface area (Å²) in [4.78, 5) is 12.5. The van der Waals surface area contributed by atoms with Gasteiger partial charge in [0.2, 0.25) is 15.9 Å². The second-order valence-corrected chi connectivity index (χ2v) is 11.0. The molecule has 26 heavy (non-hydrogen) atoms. The number of sulfonamides is 1. The fourth-order valence-corrected chi connectivity index (χ4v) is 6.23. The molecule has 0 aliphatic heterocycles. The van der Waals surface area contributed by atoms with Crippen molar-refractivity contribution >= 4 is 15.9 Å². The molecule has 2 saturated carbocycles. The zero-order valence-electron chi connectivity index (χ0n) is 17.0. The third-order valence-corrected chi connectivity index (χ3v) is 7.47. The first kappa shape index (κ1) is 21.6. The number of rotatable bonds is 5. The van der Waals surface area contributed by atoms with Crippen molar-refractivity contribution < 1.29 is 18.3 Å². The Morgan fingerprint density at radius 3 is 2.31 bits per heavy atom. The second-order valence-electron chi connectivity index (χ2n) is 9.22. The minimum absolute atomic E-state index is 0.000733. The van der Waals surface area contributed by atoms with E-state index in [9.17, 15) is 18.3 Å². The van der Waals surface area contributed by atoms with E-state index in [4.69, 9.17) is 0 Å². The van der Waals surface area contributed by atoms with Gasteiger partial charge in [0, 0.05) is 18.0 Å². The maximum absolute atomic E-state index is 12.5. The third-order valence-electron chi connectivity index (χ3n) is 6.74. The zero-order valence-corrected chi connectivity index (χ0v) is 17.8. The Morgan fingerprint density at radius 1 is 1.19 bits per heavy atom.